The van der Waals surface area contributed by atoms with Gasteiger partial charge in [0.05, 0.1) is 4.92 Å². The van der Waals surface area contributed by atoms with Crippen molar-refractivity contribution in [3.63, 3.8) is 0 Å². The van der Waals surface area contributed by atoms with Crippen molar-refractivity contribution in [2.24, 2.45) is 5.92 Å². The Morgan fingerprint density at radius 2 is 2.10 bits per heavy atom. The first-order chi connectivity index (χ1) is 10.1. The van der Waals surface area contributed by atoms with E-state index in [1.54, 1.807) is 12.1 Å². The fraction of sp³-hybridized carbons (Fsp3) is 0.625. The molecule has 0 saturated heterocycles. The second-order valence-corrected chi connectivity index (χ2v) is 6.23. The summed E-state index contributed by atoms with van der Waals surface area (Å²) < 4.78 is 0. The third-order valence-electron chi connectivity index (χ3n) is 4.45. The summed E-state index contributed by atoms with van der Waals surface area (Å²) >= 11 is 6.15. The van der Waals surface area contributed by atoms with Crippen molar-refractivity contribution in [3.05, 3.63) is 38.9 Å². The summed E-state index contributed by atoms with van der Waals surface area (Å²) in [5.41, 5.74) is 0.905. The summed E-state index contributed by atoms with van der Waals surface area (Å²) in [4.78, 5) is 10.5. The van der Waals surface area contributed by atoms with Crippen molar-refractivity contribution < 1.29 is 4.92 Å². The number of nitro groups is 1. The summed E-state index contributed by atoms with van der Waals surface area (Å²) in [6, 6.07) is 5.10. The van der Waals surface area contributed by atoms with Crippen molar-refractivity contribution >= 4 is 17.3 Å². The van der Waals surface area contributed by atoms with E-state index in [1.807, 2.05) is 0 Å². The first kappa shape index (κ1) is 16.2. The maximum atomic E-state index is 10.8. The molecule has 4 nitrogen and oxygen atoms in total. The number of halogens is 1. The summed E-state index contributed by atoms with van der Waals surface area (Å²) in [6.45, 7) is 2.79. The van der Waals surface area contributed by atoms with Crippen LogP contribution in [0.1, 0.15) is 51.0 Å². The summed E-state index contributed by atoms with van der Waals surface area (Å²) in [5, 5.41) is 15.0. The number of non-ortho nitro benzene ring substituents is 1. The quantitative estimate of drug-likeness (QED) is 0.612. The Kier molecular flexibility index (Phi) is 6.00. The van der Waals surface area contributed by atoms with Gasteiger partial charge in [-0.25, -0.2) is 0 Å². The van der Waals surface area contributed by atoms with Crippen molar-refractivity contribution in [2.45, 2.75) is 58.0 Å². The van der Waals surface area contributed by atoms with Crippen molar-refractivity contribution in [1.82, 2.24) is 5.32 Å². The van der Waals surface area contributed by atoms with E-state index in [1.165, 1.54) is 38.2 Å². The lowest BCUT2D eigenvalue weighted by atomic mass is 9.83. The average Bonchev–Trinajstić information content (AvgIpc) is 2.50. The van der Waals surface area contributed by atoms with Gasteiger partial charge in [-0.15, -0.1) is 0 Å². The third-order valence-corrected chi connectivity index (χ3v) is 4.82. The molecular weight excluding hydrogens is 288 g/mol. The molecule has 0 radical (unpaired) electrons. The van der Waals surface area contributed by atoms with E-state index in [2.05, 4.69) is 12.2 Å². The highest BCUT2D eigenvalue weighted by molar-refractivity contribution is 6.31. The van der Waals surface area contributed by atoms with E-state index in [4.69, 9.17) is 11.6 Å². The maximum Gasteiger partial charge on any atom is 0.269 e. The van der Waals surface area contributed by atoms with Crippen LogP contribution in [-0.2, 0) is 6.54 Å². The Morgan fingerprint density at radius 3 is 2.71 bits per heavy atom. The standard InChI is InChI=1S/C16H23ClN2O2/c1-2-16(12-6-4-3-5-7-12)18-11-13-10-14(19(20)21)8-9-15(13)17/h8-10,12,16,18H,2-7,11H2,1H3. The molecule has 0 heterocycles. The van der Waals surface area contributed by atoms with Gasteiger partial charge in [-0.05, 0) is 36.8 Å². The topological polar surface area (TPSA) is 55.2 Å². The number of nitro benzene ring substituents is 1. The van der Waals surface area contributed by atoms with Gasteiger partial charge in [0, 0.05) is 29.7 Å². The molecule has 2 rings (SSSR count). The van der Waals surface area contributed by atoms with E-state index in [9.17, 15) is 10.1 Å². The summed E-state index contributed by atoms with van der Waals surface area (Å²) in [7, 11) is 0. The molecule has 1 N–H and O–H groups in total. The lowest BCUT2D eigenvalue weighted by Crippen LogP contribution is -2.36. The first-order valence-corrected chi connectivity index (χ1v) is 8.15. The molecular formula is C16H23ClN2O2. The van der Waals surface area contributed by atoms with Crippen LogP contribution in [0.5, 0.6) is 0 Å². The van der Waals surface area contributed by atoms with Gasteiger partial charge in [0.1, 0.15) is 0 Å². The van der Waals surface area contributed by atoms with Crippen LogP contribution in [0.4, 0.5) is 5.69 Å². The zero-order chi connectivity index (χ0) is 15.2. The minimum Gasteiger partial charge on any atom is -0.310 e. The predicted octanol–water partition coefficient (Wildman–Crippen LogP) is 4.70. The van der Waals surface area contributed by atoms with E-state index in [0.29, 0.717) is 17.6 Å². The Hall–Kier alpha value is -1.13. The first-order valence-electron chi connectivity index (χ1n) is 7.78. The zero-order valence-electron chi connectivity index (χ0n) is 12.5. The van der Waals surface area contributed by atoms with Gasteiger partial charge >= 0.3 is 0 Å². The van der Waals surface area contributed by atoms with Crippen LogP contribution in [0.15, 0.2) is 18.2 Å². The molecule has 1 aromatic carbocycles. The number of rotatable bonds is 6. The summed E-state index contributed by atoms with van der Waals surface area (Å²) in [5.74, 6) is 0.723. The second-order valence-electron chi connectivity index (χ2n) is 5.83. The highest BCUT2D eigenvalue weighted by atomic mass is 35.5. The van der Waals surface area contributed by atoms with Gasteiger partial charge in [-0.3, -0.25) is 10.1 Å². The van der Waals surface area contributed by atoms with Crippen molar-refractivity contribution in [3.8, 4) is 0 Å². The lowest BCUT2D eigenvalue weighted by Gasteiger charge is -2.30. The maximum absolute atomic E-state index is 10.8. The van der Waals surface area contributed by atoms with Gasteiger partial charge in [0.15, 0.2) is 0 Å². The van der Waals surface area contributed by atoms with Gasteiger partial charge in [-0.2, -0.15) is 0 Å². The van der Waals surface area contributed by atoms with Crippen LogP contribution in [0.2, 0.25) is 5.02 Å². The van der Waals surface area contributed by atoms with E-state index in [-0.39, 0.29) is 10.6 Å². The fourth-order valence-electron chi connectivity index (χ4n) is 3.23. The number of benzene rings is 1. The van der Waals surface area contributed by atoms with Crippen molar-refractivity contribution in [1.29, 1.82) is 0 Å². The Balaban J connectivity index is 2.00. The predicted molar refractivity (Wildman–Crippen MR) is 85.6 cm³/mol. The molecule has 21 heavy (non-hydrogen) atoms. The Bertz CT molecular complexity index is 487. The molecule has 1 atom stereocenters. The van der Waals surface area contributed by atoms with Crippen LogP contribution in [0.3, 0.4) is 0 Å². The normalized spacial score (nSPS) is 17.6. The number of hydrogen-bond donors (Lipinski definition) is 1. The largest absolute Gasteiger partial charge is 0.310 e. The van der Waals surface area contributed by atoms with Crippen LogP contribution in [0, 0.1) is 16.0 Å². The van der Waals surface area contributed by atoms with Gasteiger partial charge < -0.3 is 5.32 Å². The van der Waals surface area contributed by atoms with E-state index < -0.39 is 0 Å². The van der Waals surface area contributed by atoms with Gasteiger partial charge in [0.25, 0.3) is 5.69 Å². The highest BCUT2D eigenvalue weighted by Crippen LogP contribution is 2.28. The Morgan fingerprint density at radius 1 is 1.38 bits per heavy atom. The Labute approximate surface area is 131 Å². The average molecular weight is 311 g/mol. The molecule has 1 aliphatic carbocycles. The molecule has 1 aromatic rings. The van der Waals surface area contributed by atoms with Gasteiger partial charge in [-0.1, -0.05) is 37.8 Å². The second kappa shape index (κ2) is 7.76. The van der Waals surface area contributed by atoms with E-state index >= 15 is 0 Å². The number of nitrogens with zero attached hydrogens (tertiary/aromatic N) is 1. The SMILES string of the molecule is CCC(NCc1cc([N+](=O)[O-])ccc1Cl)C1CCCCC1. The molecule has 0 aromatic heterocycles. The number of nitrogens with one attached hydrogen (secondary N) is 1. The third kappa shape index (κ3) is 4.42. The zero-order valence-corrected chi connectivity index (χ0v) is 13.2. The van der Waals surface area contributed by atoms with Crippen LogP contribution in [-0.4, -0.2) is 11.0 Å². The minimum atomic E-state index is -0.377. The molecule has 1 aliphatic rings. The van der Waals surface area contributed by atoms with Crippen LogP contribution >= 0.6 is 11.6 Å². The molecule has 116 valence electrons. The molecule has 1 saturated carbocycles. The van der Waals surface area contributed by atoms with Crippen LogP contribution in [0.25, 0.3) is 0 Å². The minimum absolute atomic E-state index is 0.0990. The monoisotopic (exact) mass is 310 g/mol. The van der Waals surface area contributed by atoms with Gasteiger partial charge in [0.2, 0.25) is 0 Å². The number of hydrogen-bond acceptors (Lipinski definition) is 3. The molecule has 0 amide bonds. The highest BCUT2D eigenvalue weighted by Gasteiger charge is 2.22. The van der Waals surface area contributed by atoms with Crippen LogP contribution < -0.4 is 5.32 Å². The molecule has 1 fully saturated rings. The fourth-order valence-corrected chi connectivity index (χ4v) is 3.42. The molecule has 1 unspecified atom stereocenters. The van der Waals surface area contributed by atoms with E-state index in [0.717, 1.165) is 17.9 Å². The summed E-state index contributed by atoms with van der Waals surface area (Å²) in [6.07, 6.45) is 7.64. The molecule has 0 aliphatic heterocycles. The smallest absolute Gasteiger partial charge is 0.269 e. The van der Waals surface area contributed by atoms with Crippen molar-refractivity contribution in [2.75, 3.05) is 0 Å². The lowest BCUT2D eigenvalue weighted by molar-refractivity contribution is -0.384. The molecule has 0 spiro atoms. The molecule has 0 bridgehead atoms. The molecule has 5 heteroatoms.